The van der Waals surface area contributed by atoms with Crippen molar-refractivity contribution in [3.05, 3.63) is 0 Å². The summed E-state index contributed by atoms with van der Waals surface area (Å²) in [6.45, 7) is 4.80. The Labute approximate surface area is 131 Å². The Bertz CT molecular complexity index is 463. The molecule has 0 amide bonds. The van der Waals surface area contributed by atoms with Gasteiger partial charge < -0.3 is 18.9 Å². The van der Waals surface area contributed by atoms with Crippen LogP contribution in [0.3, 0.4) is 0 Å². The molecular formula is C13H18O8S. The van der Waals surface area contributed by atoms with Crippen molar-refractivity contribution in [2.75, 3.05) is 6.61 Å². The van der Waals surface area contributed by atoms with Crippen LogP contribution in [0.4, 0.5) is 0 Å². The minimum absolute atomic E-state index is 0.0620. The molecule has 0 aliphatic carbocycles. The van der Waals surface area contributed by atoms with Crippen LogP contribution in [-0.2, 0) is 38.1 Å². The Morgan fingerprint density at radius 1 is 0.773 bits per heavy atom. The summed E-state index contributed by atoms with van der Waals surface area (Å²) in [6.07, 6.45) is -1.84. The van der Waals surface area contributed by atoms with E-state index in [1.54, 1.807) is 0 Å². The molecule has 1 fully saturated rings. The highest BCUT2D eigenvalue weighted by atomic mass is 32.2. The number of ether oxygens (including phenoxy) is 4. The van der Waals surface area contributed by atoms with E-state index in [0.29, 0.717) is 0 Å². The van der Waals surface area contributed by atoms with E-state index < -0.39 is 46.8 Å². The van der Waals surface area contributed by atoms with Crippen molar-refractivity contribution in [2.45, 2.75) is 50.6 Å². The molecule has 1 heterocycles. The second kappa shape index (κ2) is 8.02. The molecule has 0 aromatic rings. The summed E-state index contributed by atoms with van der Waals surface area (Å²) in [5.41, 5.74) is -0.841. The van der Waals surface area contributed by atoms with Crippen molar-refractivity contribution in [2.24, 2.45) is 0 Å². The fourth-order valence-corrected chi connectivity index (χ4v) is 3.35. The summed E-state index contributed by atoms with van der Waals surface area (Å²) < 4.78 is 20.3. The number of hydrogen-bond acceptors (Lipinski definition) is 9. The van der Waals surface area contributed by atoms with Crippen LogP contribution in [0.25, 0.3) is 0 Å². The zero-order valence-electron chi connectivity index (χ0n) is 12.7. The smallest absolute Gasteiger partial charge is 0.303 e. The van der Waals surface area contributed by atoms with E-state index in [2.05, 4.69) is 0 Å². The summed E-state index contributed by atoms with van der Waals surface area (Å²) in [5, 5.41) is -0.513. The lowest BCUT2D eigenvalue weighted by Crippen LogP contribution is -2.42. The summed E-state index contributed by atoms with van der Waals surface area (Å²) in [6, 6.07) is 0. The van der Waals surface area contributed by atoms with Crippen LogP contribution in [0.1, 0.15) is 27.7 Å². The molecule has 0 spiro atoms. The van der Waals surface area contributed by atoms with Crippen molar-refractivity contribution >= 4 is 35.6 Å². The molecule has 0 unspecified atom stereocenters. The maximum Gasteiger partial charge on any atom is 0.303 e. The Morgan fingerprint density at radius 2 is 1.27 bits per heavy atom. The molecule has 1 aliphatic heterocycles. The first-order valence-corrected chi connectivity index (χ1v) is 7.45. The van der Waals surface area contributed by atoms with Gasteiger partial charge in [0.15, 0.2) is 17.6 Å². The SMILES string of the molecule is CC(=O)OC[C@H]1S[C@H](OC(C)=O)[C@H](OC(C)=O)[C@@H]1OC(C)=O. The summed E-state index contributed by atoms with van der Waals surface area (Å²) in [7, 11) is 0. The minimum Gasteiger partial charge on any atom is -0.465 e. The lowest BCUT2D eigenvalue weighted by Gasteiger charge is -2.24. The van der Waals surface area contributed by atoms with Gasteiger partial charge in [-0.1, -0.05) is 0 Å². The summed E-state index contributed by atoms with van der Waals surface area (Å²) in [4.78, 5) is 44.6. The van der Waals surface area contributed by atoms with Crippen molar-refractivity contribution in [1.82, 2.24) is 0 Å². The maximum absolute atomic E-state index is 11.3. The Morgan fingerprint density at radius 3 is 1.73 bits per heavy atom. The zero-order valence-corrected chi connectivity index (χ0v) is 13.5. The molecule has 22 heavy (non-hydrogen) atoms. The number of rotatable bonds is 5. The van der Waals surface area contributed by atoms with Gasteiger partial charge in [0, 0.05) is 27.7 Å². The Hall–Kier alpha value is -1.77. The lowest BCUT2D eigenvalue weighted by atomic mass is 10.1. The average Bonchev–Trinajstić information content (AvgIpc) is 2.63. The third kappa shape index (κ3) is 5.55. The van der Waals surface area contributed by atoms with Crippen LogP contribution in [0, 0.1) is 0 Å². The van der Waals surface area contributed by atoms with Crippen LogP contribution in [-0.4, -0.2) is 53.4 Å². The summed E-state index contributed by atoms with van der Waals surface area (Å²) in [5.74, 6) is -2.25. The van der Waals surface area contributed by atoms with Crippen molar-refractivity contribution in [3.8, 4) is 0 Å². The van der Waals surface area contributed by atoms with Gasteiger partial charge >= 0.3 is 23.9 Å². The van der Waals surface area contributed by atoms with Crippen LogP contribution in [0.15, 0.2) is 0 Å². The van der Waals surface area contributed by atoms with Gasteiger partial charge in [0.2, 0.25) is 0 Å². The first-order valence-electron chi connectivity index (χ1n) is 6.51. The van der Waals surface area contributed by atoms with Crippen LogP contribution < -0.4 is 0 Å². The number of hydrogen-bond donors (Lipinski definition) is 0. The van der Waals surface area contributed by atoms with E-state index in [4.69, 9.17) is 18.9 Å². The van der Waals surface area contributed by atoms with Gasteiger partial charge in [-0.3, -0.25) is 19.2 Å². The van der Waals surface area contributed by atoms with Crippen molar-refractivity contribution in [3.63, 3.8) is 0 Å². The minimum atomic E-state index is -0.962. The highest BCUT2D eigenvalue weighted by Crippen LogP contribution is 2.39. The van der Waals surface area contributed by atoms with Crippen molar-refractivity contribution in [1.29, 1.82) is 0 Å². The first-order chi connectivity index (χ1) is 10.2. The molecule has 0 aromatic carbocycles. The lowest BCUT2D eigenvalue weighted by molar-refractivity contribution is -0.173. The number of carbonyl (C=O) groups is 4. The van der Waals surface area contributed by atoms with E-state index in [9.17, 15) is 19.2 Å². The Balaban J connectivity index is 2.94. The molecule has 1 aliphatic rings. The molecule has 1 rings (SSSR count). The highest BCUT2D eigenvalue weighted by molar-refractivity contribution is 8.00. The topological polar surface area (TPSA) is 105 Å². The van der Waals surface area contributed by atoms with Crippen molar-refractivity contribution < 1.29 is 38.1 Å². The first kappa shape index (κ1) is 18.3. The fourth-order valence-electron chi connectivity index (χ4n) is 1.93. The third-order valence-electron chi connectivity index (χ3n) is 2.60. The van der Waals surface area contributed by atoms with Gasteiger partial charge in [0.1, 0.15) is 6.61 Å². The van der Waals surface area contributed by atoms with E-state index in [1.165, 1.54) is 27.7 Å². The number of esters is 4. The predicted octanol–water partition coefficient (Wildman–Crippen LogP) is 0.417. The summed E-state index contributed by atoms with van der Waals surface area (Å²) >= 11 is 1.11. The van der Waals surface area contributed by atoms with Crippen LogP contribution in [0.5, 0.6) is 0 Å². The van der Waals surface area contributed by atoms with Crippen LogP contribution in [0.2, 0.25) is 0 Å². The Kier molecular flexibility index (Phi) is 6.66. The second-order valence-corrected chi connectivity index (χ2v) is 5.95. The molecule has 9 heteroatoms. The molecule has 1 saturated heterocycles. The molecule has 0 aromatic heterocycles. The molecule has 4 atom stereocenters. The van der Waals surface area contributed by atoms with E-state index in [1.807, 2.05) is 0 Å². The van der Waals surface area contributed by atoms with E-state index >= 15 is 0 Å². The normalized spacial score (nSPS) is 26.9. The van der Waals surface area contributed by atoms with Gasteiger partial charge in [-0.05, 0) is 0 Å². The van der Waals surface area contributed by atoms with Gasteiger partial charge in [-0.25, -0.2) is 0 Å². The molecule has 0 N–H and O–H groups in total. The second-order valence-electron chi connectivity index (χ2n) is 4.60. The molecule has 124 valence electrons. The molecule has 8 nitrogen and oxygen atoms in total. The number of carbonyl (C=O) groups excluding carboxylic acids is 4. The standard InChI is InChI=1S/C13H18O8S/c1-6(14)18-5-10-11(19-7(2)15)12(20-8(3)16)13(22-10)21-9(4)17/h10-13H,5H2,1-4H3/t10-,11-,12-,13+/m1/s1. The monoisotopic (exact) mass is 334 g/mol. The van der Waals surface area contributed by atoms with E-state index in [-0.39, 0.29) is 6.61 Å². The largest absolute Gasteiger partial charge is 0.465 e. The quantitative estimate of drug-likeness (QED) is 0.522. The molecule has 0 bridgehead atoms. The van der Waals surface area contributed by atoms with E-state index in [0.717, 1.165) is 11.8 Å². The number of thioether (sulfide) groups is 1. The molecular weight excluding hydrogens is 316 g/mol. The maximum atomic E-state index is 11.3. The molecule has 0 radical (unpaired) electrons. The fraction of sp³-hybridized carbons (Fsp3) is 0.692. The van der Waals surface area contributed by atoms with Gasteiger partial charge in [0.25, 0.3) is 0 Å². The highest BCUT2D eigenvalue weighted by Gasteiger charge is 2.50. The van der Waals surface area contributed by atoms with Crippen LogP contribution >= 0.6 is 11.8 Å². The average molecular weight is 334 g/mol. The molecule has 0 saturated carbocycles. The zero-order chi connectivity index (χ0) is 16.9. The van der Waals surface area contributed by atoms with Gasteiger partial charge in [-0.2, -0.15) is 0 Å². The predicted molar refractivity (Wildman–Crippen MR) is 74.7 cm³/mol. The third-order valence-corrected chi connectivity index (χ3v) is 3.99. The van der Waals surface area contributed by atoms with Gasteiger partial charge in [-0.15, -0.1) is 11.8 Å². The van der Waals surface area contributed by atoms with Gasteiger partial charge in [0.05, 0.1) is 5.25 Å².